The first kappa shape index (κ1) is 16.2. The van der Waals surface area contributed by atoms with E-state index in [2.05, 4.69) is 0 Å². The Kier molecular flexibility index (Phi) is 4.07. The van der Waals surface area contributed by atoms with E-state index < -0.39 is 16.0 Å². The zero-order valence-electron chi connectivity index (χ0n) is 12.8. The highest BCUT2D eigenvalue weighted by atomic mass is 32.2. The van der Waals surface area contributed by atoms with Crippen molar-refractivity contribution < 1.29 is 27.8 Å². The third-order valence-electron chi connectivity index (χ3n) is 4.23. The van der Waals surface area contributed by atoms with E-state index in [4.69, 9.17) is 9.47 Å². The quantitative estimate of drug-likeness (QED) is 0.869. The summed E-state index contributed by atoms with van der Waals surface area (Å²) >= 11 is 0. The first-order valence-corrected chi connectivity index (χ1v) is 8.96. The fourth-order valence-corrected chi connectivity index (χ4v) is 4.65. The molecule has 1 aromatic carbocycles. The Bertz CT molecular complexity index is 715. The van der Waals surface area contributed by atoms with Crippen molar-refractivity contribution in [2.75, 3.05) is 26.3 Å². The van der Waals surface area contributed by atoms with E-state index in [0.717, 1.165) is 18.9 Å². The Morgan fingerprint density at radius 1 is 1.43 bits per heavy atom. The molecule has 126 valence electrons. The number of sulfonamides is 1. The molecule has 3 rings (SSSR count). The van der Waals surface area contributed by atoms with Crippen molar-refractivity contribution in [3.63, 3.8) is 0 Å². The number of rotatable bonds is 5. The van der Waals surface area contributed by atoms with Gasteiger partial charge in [0.25, 0.3) is 0 Å². The normalized spacial score (nSPS) is 20.4. The third kappa shape index (κ3) is 2.82. The molecular formula is C15H19NO6S. The second-order valence-electron chi connectivity index (χ2n) is 5.80. The van der Waals surface area contributed by atoms with Gasteiger partial charge in [0.1, 0.15) is 11.3 Å². The van der Waals surface area contributed by atoms with Gasteiger partial charge in [0.2, 0.25) is 10.0 Å². The third-order valence-corrected chi connectivity index (χ3v) is 6.02. The van der Waals surface area contributed by atoms with E-state index in [9.17, 15) is 18.3 Å². The minimum Gasteiger partial charge on any atom is -0.493 e. The van der Waals surface area contributed by atoms with E-state index >= 15 is 0 Å². The first-order valence-electron chi connectivity index (χ1n) is 7.52. The molecule has 2 aliphatic heterocycles. The van der Waals surface area contributed by atoms with Gasteiger partial charge < -0.3 is 14.6 Å². The molecule has 0 unspecified atom stereocenters. The minimum absolute atomic E-state index is 0.0359. The van der Waals surface area contributed by atoms with Crippen LogP contribution in [0.4, 0.5) is 0 Å². The Hall–Kier alpha value is -1.64. The van der Waals surface area contributed by atoms with Crippen LogP contribution in [0.5, 0.6) is 5.75 Å². The number of carboxylic acid groups (broad SMARTS) is 1. The second-order valence-corrected chi connectivity index (χ2v) is 7.74. The fraction of sp³-hybridized carbons (Fsp3) is 0.533. The summed E-state index contributed by atoms with van der Waals surface area (Å²) in [4.78, 5) is 11.3. The SMILES string of the molecule is CCOc1ccc(S(=O)(=O)N2CC3(CCCO3)C2)cc1C(=O)O. The van der Waals surface area contributed by atoms with Gasteiger partial charge >= 0.3 is 5.97 Å². The smallest absolute Gasteiger partial charge is 0.339 e. The molecule has 7 nitrogen and oxygen atoms in total. The summed E-state index contributed by atoms with van der Waals surface area (Å²) in [7, 11) is -3.72. The van der Waals surface area contributed by atoms with E-state index in [0.29, 0.717) is 26.3 Å². The van der Waals surface area contributed by atoms with Crippen molar-refractivity contribution in [3.8, 4) is 5.75 Å². The lowest BCUT2D eigenvalue weighted by Crippen LogP contribution is -2.62. The molecule has 1 spiro atoms. The van der Waals surface area contributed by atoms with Crippen LogP contribution in [0.25, 0.3) is 0 Å². The Labute approximate surface area is 134 Å². The molecule has 0 aromatic heterocycles. The molecule has 0 saturated carbocycles. The summed E-state index contributed by atoms with van der Waals surface area (Å²) < 4.78 is 37.5. The van der Waals surface area contributed by atoms with Gasteiger partial charge in [-0.2, -0.15) is 4.31 Å². The summed E-state index contributed by atoms with van der Waals surface area (Å²) in [6, 6.07) is 3.93. The summed E-state index contributed by atoms with van der Waals surface area (Å²) in [6.07, 6.45) is 1.81. The maximum absolute atomic E-state index is 12.6. The zero-order valence-corrected chi connectivity index (χ0v) is 13.6. The number of nitrogens with zero attached hydrogens (tertiary/aromatic N) is 1. The number of hydrogen-bond acceptors (Lipinski definition) is 5. The number of ether oxygens (including phenoxy) is 2. The Morgan fingerprint density at radius 2 is 2.17 bits per heavy atom. The van der Waals surface area contributed by atoms with Crippen molar-refractivity contribution in [1.82, 2.24) is 4.31 Å². The van der Waals surface area contributed by atoms with E-state index in [1.807, 2.05) is 0 Å². The molecule has 0 radical (unpaired) electrons. The fourth-order valence-electron chi connectivity index (χ4n) is 3.04. The molecule has 0 bridgehead atoms. The van der Waals surface area contributed by atoms with Crippen molar-refractivity contribution in [2.45, 2.75) is 30.3 Å². The van der Waals surface area contributed by atoms with E-state index in [-0.39, 0.29) is 21.8 Å². The highest BCUT2D eigenvalue weighted by Crippen LogP contribution is 2.38. The van der Waals surface area contributed by atoms with Gasteiger partial charge in [-0.25, -0.2) is 13.2 Å². The molecule has 0 aliphatic carbocycles. The maximum Gasteiger partial charge on any atom is 0.339 e. The number of carboxylic acids is 1. The number of benzene rings is 1. The number of aromatic carboxylic acids is 1. The van der Waals surface area contributed by atoms with Crippen molar-refractivity contribution in [2.24, 2.45) is 0 Å². The zero-order chi connectivity index (χ0) is 16.7. The molecule has 2 aliphatic rings. The van der Waals surface area contributed by atoms with Crippen LogP contribution >= 0.6 is 0 Å². The van der Waals surface area contributed by atoms with Crippen molar-refractivity contribution in [1.29, 1.82) is 0 Å². The van der Waals surface area contributed by atoms with Crippen LogP contribution in [0.2, 0.25) is 0 Å². The summed E-state index contributed by atoms with van der Waals surface area (Å²) in [5, 5.41) is 9.25. The summed E-state index contributed by atoms with van der Waals surface area (Å²) in [6.45, 7) is 3.35. The van der Waals surface area contributed by atoms with Crippen LogP contribution < -0.4 is 4.74 Å². The number of hydrogen-bond donors (Lipinski definition) is 1. The molecule has 2 saturated heterocycles. The molecule has 23 heavy (non-hydrogen) atoms. The van der Waals surface area contributed by atoms with Crippen LogP contribution in [0.3, 0.4) is 0 Å². The van der Waals surface area contributed by atoms with E-state index in [1.165, 1.54) is 16.4 Å². The number of carbonyl (C=O) groups is 1. The highest BCUT2D eigenvalue weighted by Gasteiger charge is 2.51. The van der Waals surface area contributed by atoms with Gasteiger partial charge in [-0.15, -0.1) is 0 Å². The minimum atomic E-state index is -3.72. The highest BCUT2D eigenvalue weighted by molar-refractivity contribution is 7.89. The molecule has 2 heterocycles. The Balaban J connectivity index is 1.86. The van der Waals surface area contributed by atoms with Gasteiger partial charge in [-0.1, -0.05) is 0 Å². The molecule has 8 heteroatoms. The maximum atomic E-state index is 12.6. The molecule has 0 amide bonds. The lowest BCUT2D eigenvalue weighted by molar-refractivity contribution is -0.0772. The van der Waals surface area contributed by atoms with Gasteiger partial charge in [0.05, 0.1) is 17.1 Å². The van der Waals surface area contributed by atoms with Crippen molar-refractivity contribution in [3.05, 3.63) is 23.8 Å². The molecule has 1 aromatic rings. The van der Waals surface area contributed by atoms with Crippen LogP contribution in [0.15, 0.2) is 23.1 Å². The molecule has 0 atom stereocenters. The second kappa shape index (κ2) is 5.77. The van der Waals surface area contributed by atoms with Crippen LogP contribution in [0, 0.1) is 0 Å². The monoisotopic (exact) mass is 341 g/mol. The average Bonchev–Trinajstić information content (AvgIpc) is 2.96. The van der Waals surface area contributed by atoms with Crippen molar-refractivity contribution >= 4 is 16.0 Å². The lowest BCUT2D eigenvalue weighted by atomic mass is 9.94. The predicted molar refractivity (Wildman–Crippen MR) is 81.2 cm³/mol. The molecular weight excluding hydrogens is 322 g/mol. The van der Waals surface area contributed by atoms with Crippen LogP contribution in [0.1, 0.15) is 30.1 Å². The predicted octanol–water partition coefficient (Wildman–Crippen LogP) is 1.34. The van der Waals surface area contributed by atoms with Gasteiger partial charge in [0.15, 0.2) is 0 Å². The lowest BCUT2D eigenvalue weighted by Gasteiger charge is -2.45. The largest absolute Gasteiger partial charge is 0.493 e. The standard InChI is InChI=1S/C15H19NO6S/c1-2-21-13-5-4-11(8-12(13)14(17)18)23(19,20)16-9-15(10-16)6-3-7-22-15/h4-5,8H,2-3,6-7,9-10H2,1H3,(H,17,18). The molecule has 1 N–H and O–H groups in total. The van der Waals surface area contributed by atoms with Gasteiger partial charge in [0, 0.05) is 19.7 Å². The Morgan fingerprint density at radius 3 is 2.74 bits per heavy atom. The summed E-state index contributed by atoms with van der Waals surface area (Å²) in [5.74, 6) is -1.05. The molecule has 2 fully saturated rings. The van der Waals surface area contributed by atoms with Gasteiger partial charge in [-0.3, -0.25) is 0 Å². The average molecular weight is 341 g/mol. The topological polar surface area (TPSA) is 93.1 Å². The van der Waals surface area contributed by atoms with Crippen LogP contribution in [-0.4, -0.2) is 55.7 Å². The van der Waals surface area contributed by atoms with E-state index in [1.54, 1.807) is 6.92 Å². The van der Waals surface area contributed by atoms with Gasteiger partial charge in [-0.05, 0) is 38.0 Å². The summed E-state index contributed by atoms with van der Waals surface area (Å²) in [5.41, 5.74) is -0.492. The van der Waals surface area contributed by atoms with Crippen LogP contribution in [-0.2, 0) is 14.8 Å². The first-order chi connectivity index (χ1) is 10.9.